The van der Waals surface area contributed by atoms with Crippen LogP contribution in [0.1, 0.15) is 16.2 Å². The van der Waals surface area contributed by atoms with Gasteiger partial charge in [-0.1, -0.05) is 42.5 Å². The molecule has 0 bridgehead atoms. The highest BCUT2D eigenvalue weighted by Gasteiger charge is 2.32. The largest absolute Gasteiger partial charge is 0.573 e. The molecule has 0 aliphatic heterocycles. The summed E-state index contributed by atoms with van der Waals surface area (Å²) in [5.41, 5.74) is 2.41. The number of aromatic amines is 1. The van der Waals surface area contributed by atoms with E-state index in [9.17, 15) is 18.0 Å². The number of benzene rings is 2. The molecule has 4 aromatic rings. The number of nitrogens with zero attached hydrogens (tertiary/aromatic N) is 1. The van der Waals surface area contributed by atoms with Crippen LogP contribution in [0.4, 0.5) is 19.1 Å². The van der Waals surface area contributed by atoms with Crippen molar-refractivity contribution in [3.8, 4) is 28.3 Å². The number of para-hydroxylation sites is 1. The van der Waals surface area contributed by atoms with Gasteiger partial charge in [0.05, 0.1) is 11.3 Å². The highest BCUT2D eigenvalue weighted by Crippen LogP contribution is 2.34. The Kier molecular flexibility index (Phi) is 5.24. The van der Waals surface area contributed by atoms with Crippen molar-refractivity contribution in [2.24, 2.45) is 0 Å². The van der Waals surface area contributed by atoms with Crippen LogP contribution in [0.25, 0.3) is 22.6 Å². The van der Waals surface area contributed by atoms with Gasteiger partial charge in [-0.3, -0.25) is 10.1 Å². The summed E-state index contributed by atoms with van der Waals surface area (Å²) in [5, 5.41) is 2.60. The van der Waals surface area contributed by atoms with Gasteiger partial charge in [0.2, 0.25) is 5.95 Å². The van der Waals surface area contributed by atoms with Crippen LogP contribution < -0.4 is 10.1 Å². The third-order valence-electron chi connectivity index (χ3n) is 4.37. The molecule has 2 aromatic carbocycles. The Bertz CT molecular complexity index is 1210. The number of halogens is 3. The van der Waals surface area contributed by atoms with Crippen molar-refractivity contribution in [3.63, 3.8) is 0 Å². The summed E-state index contributed by atoms with van der Waals surface area (Å²) in [6.07, 6.45) is -4.85. The molecule has 31 heavy (non-hydrogen) atoms. The molecule has 0 radical (unpaired) electrons. The fourth-order valence-corrected chi connectivity index (χ4v) is 3.05. The zero-order valence-electron chi connectivity index (χ0n) is 16.2. The van der Waals surface area contributed by atoms with Gasteiger partial charge in [0.1, 0.15) is 11.5 Å². The molecule has 0 unspecified atom stereocenters. The molecule has 0 saturated heterocycles. The summed E-state index contributed by atoms with van der Waals surface area (Å²) in [4.78, 5) is 19.9. The Hall–Kier alpha value is -4.01. The first-order chi connectivity index (χ1) is 14.8. The molecule has 1 amide bonds. The Morgan fingerprint density at radius 2 is 1.74 bits per heavy atom. The minimum Gasteiger partial charge on any atom is -0.451 e. The zero-order valence-corrected chi connectivity index (χ0v) is 16.2. The quantitative estimate of drug-likeness (QED) is 0.422. The average Bonchev–Trinajstić information content (AvgIpc) is 3.35. The van der Waals surface area contributed by atoms with Crippen LogP contribution in [-0.2, 0) is 0 Å². The summed E-state index contributed by atoms with van der Waals surface area (Å²) in [6, 6.07) is 17.7. The predicted molar refractivity (Wildman–Crippen MR) is 108 cm³/mol. The first-order valence-corrected chi connectivity index (χ1v) is 9.18. The topological polar surface area (TPSA) is 80.2 Å². The van der Waals surface area contributed by atoms with Crippen LogP contribution in [0.5, 0.6) is 5.75 Å². The number of hydrogen-bond acceptors (Lipinski definition) is 4. The van der Waals surface area contributed by atoms with Gasteiger partial charge in [-0.15, -0.1) is 13.2 Å². The number of H-pyrrole nitrogens is 1. The van der Waals surface area contributed by atoms with Crippen molar-refractivity contribution in [2.45, 2.75) is 13.3 Å². The number of hydrogen-bond donors (Lipinski definition) is 2. The van der Waals surface area contributed by atoms with Gasteiger partial charge in [0, 0.05) is 11.3 Å². The minimum absolute atomic E-state index is 0.0607. The molecular weight excluding hydrogens is 411 g/mol. The Morgan fingerprint density at radius 1 is 1.03 bits per heavy atom. The molecule has 2 aromatic heterocycles. The lowest BCUT2D eigenvalue weighted by Crippen LogP contribution is -2.17. The van der Waals surface area contributed by atoms with Crippen molar-refractivity contribution < 1.29 is 27.1 Å². The molecular formula is C22H16F3N3O3. The number of amides is 1. The van der Waals surface area contributed by atoms with E-state index in [1.165, 1.54) is 36.4 Å². The van der Waals surface area contributed by atoms with E-state index in [4.69, 9.17) is 4.42 Å². The minimum atomic E-state index is -4.85. The summed E-state index contributed by atoms with van der Waals surface area (Å²) >= 11 is 0. The van der Waals surface area contributed by atoms with Gasteiger partial charge < -0.3 is 14.1 Å². The SMILES string of the molecule is Cc1[nH]c(NC(=O)c2ccc(-c3ccccc3OC(F)(F)F)o2)nc1-c1ccccc1. The lowest BCUT2D eigenvalue weighted by molar-refractivity contribution is -0.274. The molecule has 9 heteroatoms. The molecule has 2 N–H and O–H groups in total. The van der Waals surface area contributed by atoms with Gasteiger partial charge in [-0.25, -0.2) is 4.98 Å². The molecule has 0 aliphatic carbocycles. The molecule has 0 saturated carbocycles. The van der Waals surface area contributed by atoms with E-state index in [-0.39, 0.29) is 23.0 Å². The maximum Gasteiger partial charge on any atom is 0.573 e. The average molecular weight is 427 g/mol. The van der Waals surface area contributed by atoms with Crippen molar-refractivity contribution in [3.05, 3.63) is 78.2 Å². The Morgan fingerprint density at radius 3 is 2.48 bits per heavy atom. The van der Waals surface area contributed by atoms with Gasteiger partial charge >= 0.3 is 6.36 Å². The molecule has 0 fully saturated rings. The molecule has 0 aliphatic rings. The third kappa shape index (κ3) is 4.61. The summed E-state index contributed by atoms with van der Waals surface area (Å²) in [5.74, 6) is -0.836. The van der Waals surface area contributed by atoms with Crippen molar-refractivity contribution in [2.75, 3.05) is 5.32 Å². The highest BCUT2D eigenvalue weighted by molar-refractivity contribution is 6.01. The van der Waals surface area contributed by atoms with E-state index >= 15 is 0 Å². The van der Waals surface area contributed by atoms with Crippen LogP contribution in [0.15, 0.2) is 71.1 Å². The van der Waals surface area contributed by atoms with Gasteiger partial charge in [0.15, 0.2) is 5.76 Å². The summed E-state index contributed by atoms with van der Waals surface area (Å²) in [7, 11) is 0. The van der Waals surface area contributed by atoms with Crippen LogP contribution >= 0.6 is 0 Å². The first kappa shape index (κ1) is 20.3. The maximum absolute atomic E-state index is 12.6. The lowest BCUT2D eigenvalue weighted by atomic mass is 10.1. The summed E-state index contributed by atoms with van der Waals surface area (Å²) < 4.78 is 47.4. The third-order valence-corrected chi connectivity index (χ3v) is 4.37. The fraction of sp³-hybridized carbons (Fsp3) is 0.0909. The number of anilines is 1. The normalized spacial score (nSPS) is 11.4. The van der Waals surface area contributed by atoms with Crippen LogP contribution in [-0.4, -0.2) is 22.2 Å². The van der Waals surface area contributed by atoms with Gasteiger partial charge in [-0.05, 0) is 31.2 Å². The van der Waals surface area contributed by atoms with Crippen molar-refractivity contribution in [1.82, 2.24) is 9.97 Å². The molecule has 0 atom stereocenters. The second-order valence-corrected chi connectivity index (χ2v) is 6.59. The van der Waals surface area contributed by atoms with E-state index in [0.717, 1.165) is 11.3 Å². The molecule has 6 nitrogen and oxygen atoms in total. The van der Waals surface area contributed by atoms with Crippen LogP contribution in [0.3, 0.4) is 0 Å². The summed E-state index contributed by atoms with van der Waals surface area (Å²) in [6.45, 7) is 1.83. The number of carbonyl (C=O) groups excluding carboxylic acids is 1. The number of aromatic nitrogens is 2. The van der Waals surface area contributed by atoms with Crippen LogP contribution in [0, 0.1) is 6.92 Å². The molecule has 0 spiro atoms. The smallest absolute Gasteiger partial charge is 0.451 e. The lowest BCUT2D eigenvalue weighted by Gasteiger charge is -2.11. The fourth-order valence-electron chi connectivity index (χ4n) is 3.05. The zero-order chi connectivity index (χ0) is 22.0. The number of alkyl halides is 3. The monoisotopic (exact) mass is 427 g/mol. The van der Waals surface area contributed by atoms with E-state index in [1.807, 2.05) is 37.3 Å². The molecule has 2 heterocycles. The number of nitrogens with one attached hydrogen (secondary N) is 2. The second-order valence-electron chi connectivity index (χ2n) is 6.59. The van der Waals surface area contributed by atoms with E-state index < -0.39 is 18.0 Å². The first-order valence-electron chi connectivity index (χ1n) is 9.18. The Labute approximate surface area is 174 Å². The predicted octanol–water partition coefficient (Wildman–Crippen LogP) is 5.80. The number of imidazole rings is 1. The molecule has 158 valence electrons. The standard InChI is InChI=1S/C22H16F3N3O3/c1-13-19(14-7-3-2-4-8-14)27-21(26-13)28-20(29)18-12-11-16(30-18)15-9-5-6-10-17(15)31-22(23,24)25/h2-12H,1H3,(H2,26,27,28,29). The van der Waals surface area contributed by atoms with Crippen molar-refractivity contribution >= 4 is 11.9 Å². The van der Waals surface area contributed by atoms with Crippen molar-refractivity contribution in [1.29, 1.82) is 0 Å². The van der Waals surface area contributed by atoms with Gasteiger partial charge in [-0.2, -0.15) is 0 Å². The number of aryl methyl sites for hydroxylation is 1. The van der Waals surface area contributed by atoms with E-state index in [2.05, 4.69) is 20.0 Å². The number of furan rings is 1. The van der Waals surface area contributed by atoms with E-state index in [0.29, 0.717) is 5.69 Å². The van der Waals surface area contributed by atoms with E-state index in [1.54, 1.807) is 0 Å². The maximum atomic E-state index is 12.6. The molecule has 4 rings (SSSR count). The number of rotatable bonds is 5. The second kappa shape index (κ2) is 8.02. The number of ether oxygens (including phenoxy) is 1. The Balaban J connectivity index is 1.54. The van der Waals surface area contributed by atoms with Gasteiger partial charge in [0.25, 0.3) is 5.91 Å². The van der Waals surface area contributed by atoms with Crippen LogP contribution in [0.2, 0.25) is 0 Å². The highest BCUT2D eigenvalue weighted by atomic mass is 19.4. The number of carbonyl (C=O) groups is 1.